The maximum absolute atomic E-state index is 12.1. The van der Waals surface area contributed by atoms with Crippen molar-refractivity contribution in [3.8, 4) is 0 Å². The lowest BCUT2D eigenvalue weighted by atomic mass is 10.1. The van der Waals surface area contributed by atoms with Gasteiger partial charge < -0.3 is 10.2 Å². The Balaban J connectivity index is 2.09. The average Bonchev–Trinajstić information content (AvgIpc) is 2.77. The number of amides is 1. The molecule has 1 atom stereocenters. The lowest BCUT2D eigenvalue weighted by molar-refractivity contribution is -0.117. The largest absolute Gasteiger partial charge is 0.386 e. The van der Waals surface area contributed by atoms with Crippen LogP contribution in [0.2, 0.25) is 0 Å². The van der Waals surface area contributed by atoms with Gasteiger partial charge in [0.2, 0.25) is 5.91 Å². The average molecular weight is 278 g/mol. The number of hydrogen-bond donors (Lipinski definition) is 1. The number of hydrogen-bond acceptors (Lipinski definition) is 4. The van der Waals surface area contributed by atoms with Gasteiger partial charge in [0.25, 0.3) is 0 Å². The summed E-state index contributed by atoms with van der Waals surface area (Å²) in [5.41, 5.74) is 1.88. The van der Waals surface area contributed by atoms with Gasteiger partial charge in [-0.25, -0.2) is 0 Å². The minimum absolute atomic E-state index is 0.113. The van der Waals surface area contributed by atoms with E-state index in [0.29, 0.717) is 13.0 Å². The topological polar surface area (TPSA) is 49.4 Å². The van der Waals surface area contributed by atoms with E-state index in [1.54, 1.807) is 6.92 Å². The third-order valence-electron chi connectivity index (χ3n) is 3.19. The van der Waals surface area contributed by atoms with Gasteiger partial charge in [-0.2, -0.15) is 0 Å². The highest BCUT2D eigenvalue weighted by molar-refractivity contribution is 8.13. The summed E-state index contributed by atoms with van der Waals surface area (Å²) in [5, 5.41) is 3.22. The summed E-state index contributed by atoms with van der Waals surface area (Å²) < 4.78 is 0. The Hall–Kier alpha value is -1.49. The third kappa shape index (κ3) is 3.29. The standard InChI is InChI=1S/C14H18N2O2S/c1-10(17)19-9-11-7-14(18)16(8-11)13-6-4-3-5-12(13)15-2/h3-6,11,15H,7-9H2,1-2H3. The molecule has 5 heteroatoms. The van der Waals surface area contributed by atoms with E-state index in [1.165, 1.54) is 11.8 Å². The molecule has 0 radical (unpaired) electrons. The Kier molecular flexibility index (Phi) is 4.47. The normalized spacial score (nSPS) is 18.7. The predicted molar refractivity (Wildman–Crippen MR) is 79.6 cm³/mol. The van der Waals surface area contributed by atoms with E-state index < -0.39 is 0 Å². The van der Waals surface area contributed by atoms with E-state index >= 15 is 0 Å². The number of para-hydroxylation sites is 2. The molecule has 0 bridgehead atoms. The van der Waals surface area contributed by atoms with Crippen molar-refractivity contribution >= 4 is 34.2 Å². The lowest BCUT2D eigenvalue weighted by Gasteiger charge is -2.20. The molecular formula is C14H18N2O2S. The molecule has 102 valence electrons. The van der Waals surface area contributed by atoms with Gasteiger partial charge in [0.05, 0.1) is 11.4 Å². The smallest absolute Gasteiger partial charge is 0.227 e. The van der Waals surface area contributed by atoms with Crippen LogP contribution in [-0.4, -0.2) is 30.4 Å². The number of nitrogens with one attached hydrogen (secondary N) is 1. The fourth-order valence-corrected chi connectivity index (χ4v) is 2.98. The second-order valence-corrected chi connectivity index (χ2v) is 5.84. The van der Waals surface area contributed by atoms with Gasteiger partial charge in [-0.15, -0.1) is 0 Å². The maximum Gasteiger partial charge on any atom is 0.227 e. The van der Waals surface area contributed by atoms with Gasteiger partial charge >= 0.3 is 0 Å². The van der Waals surface area contributed by atoms with Crippen LogP contribution in [0.25, 0.3) is 0 Å². The van der Waals surface area contributed by atoms with Gasteiger partial charge in [0.15, 0.2) is 5.12 Å². The minimum atomic E-state index is 0.113. The molecule has 1 aromatic carbocycles. The van der Waals surface area contributed by atoms with E-state index in [4.69, 9.17) is 0 Å². The molecule has 0 spiro atoms. The van der Waals surface area contributed by atoms with E-state index in [2.05, 4.69) is 5.32 Å². The Labute approximate surface area is 117 Å². The number of carbonyl (C=O) groups is 2. The van der Waals surface area contributed by atoms with Crippen LogP contribution in [0.4, 0.5) is 11.4 Å². The number of rotatable bonds is 4. The van der Waals surface area contributed by atoms with Gasteiger partial charge in [-0.05, 0) is 18.1 Å². The monoisotopic (exact) mass is 278 g/mol. The Morgan fingerprint density at radius 3 is 2.89 bits per heavy atom. The first-order valence-electron chi connectivity index (χ1n) is 6.32. The number of carbonyl (C=O) groups excluding carboxylic acids is 2. The molecule has 1 aromatic rings. The van der Waals surface area contributed by atoms with Crippen LogP contribution in [0.15, 0.2) is 24.3 Å². The van der Waals surface area contributed by atoms with Crippen LogP contribution in [-0.2, 0) is 9.59 Å². The van der Waals surface area contributed by atoms with Crippen molar-refractivity contribution < 1.29 is 9.59 Å². The fraction of sp³-hybridized carbons (Fsp3) is 0.429. The highest BCUT2D eigenvalue weighted by Gasteiger charge is 2.31. The summed E-state index contributed by atoms with van der Waals surface area (Å²) in [5.74, 6) is 1.11. The summed E-state index contributed by atoms with van der Waals surface area (Å²) in [7, 11) is 1.85. The summed E-state index contributed by atoms with van der Waals surface area (Å²) in [6.45, 7) is 2.26. The summed E-state index contributed by atoms with van der Waals surface area (Å²) in [4.78, 5) is 24.9. The van der Waals surface area contributed by atoms with Crippen LogP contribution >= 0.6 is 11.8 Å². The zero-order valence-electron chi connectivity index (χ0n) is 11.2. The molecular weight excluding hydrogens is 260 g/mol. The number of benzene rings is 1. The molecule has 1 aliphatic rings. The van der Waals surface area contributed by atoms with Crippen molar-refractivity contribution in [2.75, 3.05) is 29.6 Å². The van der Waals surface area contributed by atoms with Crippen LogP contribution in [0.3, 0.4) is 0 Å². The molecule has 1 heterocycles. The minimum Gasteiger partial charge on any atom is -0.386 e. The Bertz CT molecular complexity index is 490. The van der Waals surface area contributed by atoms with Crippen molar-refractivity contribution in [3.63, 3.8) is 0 Å². The molecule has 0 saturated carbocycles. The van der Waals surface area contributed by atoms with Crippen LogP contribution in [0, 0.1) is 5.92 Å². The molecule has 2 rings (SSSR count). The molecule has 1 fully saturated rings. The van der Waals surface area contributed by atoms with E-state index in [9.17, 15) is 9.59 Å². The highest BCUT2D eigenvalue weighted by Crippen LogP contribution is 2.32. The van der Waals surface area contributed by atoms with Crippen molar-refractivity contribution in [2.45, 2.75) is 13.3 Å². The Morgan fingerprint density at radius 2 is 2.21 bits per heavy atom. The van der Waals surface area contributed by atoms with Crippen LogP contribution in [0.5, 0.6) is 0 Å². The number of thioether (sulfide) groups is 1. The second kappa shape index (κ2) is 6.10. The van der Waals surface area contributed by atoms with Crippen molar-refractivity contribution in [1.29, 1.82) is 0 Å². The molecule has 0 aromatic heterocycles. The van der Waals surface area contributed by atoms with E-state index in [-0.39, 0.29) is 16.9 Å². The zero-order valence-corrected chi connectivity index (χ0v) is 12.0. The molecule has 1 amide bonds. The molecule has 1 unspecified atom stereocenters. The first-order chi connectivity index (χ1) is 9.11. The number of nitrogens with zero attached hydrogens (tertiary/aromatic N) is 1. The first-order valence-corrected chi connectivity index (χ1v) is 7.31. The third-order valence-corrected chi connectivity index (χ3v) is 4.24. The van der Waals surface area contributed by atoms with E-state index in [0.717, 1.165) is 17.1 Å². The first kappa shape index (κ1) is 13.9. The Morgan fingerprint density at radius 1 is 1.47 bits per heavy atom. The number of anilines is 2. The van der Waals surface area contributed by atoms with Crippen molar-refractivity contribution in [2.24, 2.45) is 5.92 Å². The zero-order chi connectivity index (χ0) is 13.8. The van der Waals surface area contributed by atoms with Gasteiger partial charge in [0, 0.05) is 32.7 Å². The molecule has 1 aliphatic heterocycles. The predicted octanol–water partition coefficient (Wildman–Crippen LogP) is 2.36. The highest BCUT2D eigenvalue weighted by atomic mass is 32.2. The maximum atomic E-state index is 12.1. The van der Waals surface area contributed by atoms with Crippen LogP contribution < -0.4 is 10.2 Å². The second-order valence-electron chi connectivity index (χ2n) is 4.64. The van der Waals surface area contributed by atoms with Gasteiger partial charge in [-0.1, -0.05) is 23.9 Å². The molecule has 4 nitrogen and oxygen atoms in total. The summed E-state index contributed by atoms with van der Waals surface area (Å²) >= 11 is 1.30. The summed E-state index contributed by atoms with van der Waals surface area (Å²) in [6, 6.07) is 7.78. The molecule has 1 N–H and O–H groups in total. The van der Waals surface area contributed by atoms with Gasteiger partial charge in [-0.3, -0.25) is 9.59 Å². The molecule has 0 aliphatic carbocycles. The van der Waals surface area contributed by atoms with Crippen molar-refractivity contribution in [3.05, 3.63) is 24.3 Å². The fourth-order valence-electron chi connectivity index (χ4n) is 2.28. The van der Waals surface area contributed by atoms with Crippen LogP contribution in [0.1, 0.15) is 13.3 Å². The molecule has 19 heavy (non-hydrogen) atoms. The SMILES string of the molecule is CNc1ccccc1N1CC(CSC(C)=O)CC1=O. The quantitative estimate of drug-likeness (QED) is 0.918. The van der Waals surface area contributed by atoms with E-state index in [1.807, 2.05) is 36.2 Å². The summed E-state index contributed by atoms with van der Waals surface area (Å²) in [6.07, 6.45) is 0.526. The van der Waals surface area contributed by atoms with Crippen molar-refractivity contribution in [1.82, 2.24) is 0 Å². The lowest BCUT2D eigenvalue weighted by Crippen LogP contribution is -2.25. The molecule has 1 saturated heterocycles. The van der Waals surface area contributed by atoms with Gasteiger partial charge in [0.1, 0.15) is 0 Å².